The SMILES string of the molecule is O=C1CCC(N2Cc3cc(C4CCN(CCc5ccc(-c6cnc7[nH]cc(C(=O)c8c(F)ccc(NS(=O)(=O)N9CC[C@@H](F)C9)c8F)c7c6)cc5)[C@@H](CO)C4)ccc3C2=O)C(=O)N1. The zero-order valence-corrected chi connectivity index (χ0v) is 34.8. The molecule has 3 aromatic carbocycles. The average molecular weight is 884 g/mol. The number of anilines is 1. The third-order valence-electron chi connectivity index (χ3n) is 12.8. The molecule has 0 aliphatic carbocycles. The van der Waals surface area contributed by atoms with E-state index >= 15 is 8.78 Å². The van der Waals surface area contributed by atoms with Gasteiger partial charge in [-0.3, -0.25) is 34.1 Å². The number of H-pyrrole nitrogens is 1. The van der Waals surface area contributed by atoms with Crippen LogP contribution in [0, 0.1) is 11.6 Å². The lowest BCUT2D eigenvalue weighted by atomic mass is 9.84. The fourth-order valence-corrected chi connectivity index (χ4v) is 10.6. The van der Waals surface area contributed by atoms with Crippen molar-refractivity contribution < 1.29 is 45.9 Å². The van der Waals surface area contributed by atoms with Crippen LogP contribution in [-0.4, -0.2) is 112 Å². The van der Waals surface area contributed by atoms with E-state index in [4.69, 9.17) is 0 Å². The zero-order valence-electron chi connectivity index (χ0n) is 34.0. The molecule has 0 spiro atoms. The number of hydrogen-bond donors (Lipinski definition) is 4. The van der Waals surface area contributed by atoms with Gasteiger partial charge in [0.2, 0.25) is 17.6 Å². The number of aromatic amines is 1. The molecule has 14 nitrogen and oxygen atoms in total. The number of nitrogens with one attached hydrogen (secondary N) is 3. The molecule has 6 heterocycles. The van der Waals surface area contributed by atoms with Gasteiger partial charge in [-0.2, -0.15) is 12.7 Å². The molecule has 63 heavy (non-hydrogen) atoms. The number of carbonyl (C=O) groups is 4. The van der Waals surface area contributed by atoms with Crippen molar-refractivity contribution >= 4 is 50.4 Å². The fraction of sp³-hybridized carbons (Fsp3) is 0.356. The Balaban J connectivity index is 0.837. The zero-order chi connectivity index (χ0) is 44.2. The predicted molar refractivity (Wildman–Crippen MR) is 226 cm³/mol. The van der Waals surface area contributed by atoms with Crippen molar-refractivity contribution in [1.82, 2.24) is 29.4 Å². The monoisotopic (exact) mass is 883 g/mol. The summed E-state index contributed by atoms with van der Waals surface area (Å²) in [5.74, 6) is -4.40. The Morgan fingerprint density at radius 3 is 2.52 bits per heavy atom. The molecular formula is C45H44F3N7O7S. The van der Waals surface area contributed by atoms with Gasteiger partial charge in [0.1, 0.15) is 23.7 Å². The Morgan fingerprint density at radius 2 is 1.78 bits per heavy atom. The number of nitrogens with zero attached hydrogens (tertiary/aromatic N) is 4. The van der Waals surface area contributed by atoms with Crippen LogP contribution in [0.4, 0.5) is 18.9 Å². The number of aromatic nitrogens is 2. The maximum atomic E-state index is 15.7. The van der Waals surface area contributed by atoms with Crippen LogP contribution in [-0.2, 0) is 32.8 Å². The van der Waals surface area contributed by atoms with Crippen molar-refractivity contribution in [2.45, 2.75) is 69.2 Å². The number of piperidine rings is 2. The van der Waals surface area contributed by atoms with Gasteiger partial charge in [0, 0.05) is 73.1 Å². The van der Waals surface area contributed by atoms with E-state index in [0.717, 1.165) is 58.1 Å². The van der Waals surface area contributed by atoms with Gasteiger partial charge in [-0.05, 0) is 91.1 Å². The van der Waals surface area contributed by atoms with Crippen molar-refractivity contribution in [3.8, 4) is 11.1 Å². The smallest absolute Gasteiger partial charge is 0.301 e. The molecule has 3 saturated heterocycles. The van der Waals surface area contributed by atoms with Gasteiger partial charge in [-0.1, -0.05) is 36.4 Å². The lowest BCUT2D eigenvalue weighted by Crippen LogP contribution is -2.52. The number of rotatable bonds is 12. The van der Waals surface area contributed by atoms with E-state index in [0.29, 0.717) is 48.1 Å². The highest BCUT2D eigenvalue weighted by atomic mass is 32.2. The molecule has 4 atom stereocenters. The number of imide groups is 1. The minimum absolute atomic E-state index is 0.00645. The minimum Gasteiger partial charge on any atom is -0.395 e. The van der Waals surface area contributed by atoms with Crippen LogP contribution < -0.4 is 10.0 Å². The van der Waals surface area contributed by atoms with E-state index in [1.165, 1.54) is 6.20 Å². The van der Waals surface area contributed by atoms with Crippen LogP contribution >= 0.6 is 0 Å². The molecule has 18 heteroatoms. The van der Waals surface area contributed by atoms with E-state index in [9.17, 15) is 37.1 Å². The van der Waals surface area contributed by atoms with Crippen LogP contribution in [0.15, 0.2) is 73.1 Å². The summed E-state index contributed by atoms with van der Waals surface area (Å²) in [5, 5.41) is 13.1. The van der Waals surface area contributed by atoms with Crippen LogP contribution in [0.2, 0.25) is 0 Å². The number of aliphatic hydroxyl groups excluding tert-OH is 1. The molecule has 2 unspecified atom stereocenters. The summed E-state index contributed by atoms with van der Waals surface area (Å²) in [4.78, 5) is 62.2. The fourth-order valence-electron chi connectivity index (χ4n) is 9.30. The Hall–Kier alpha value is -5.95. The normalized spacial score (nSPS) is 22.2. The quantitative estimate of drug-likeness (QED) is 0.0991. The maximum Gasteiger partial charge on any atom is 0.301 e. The highest BCUT2D eigenvalue weighted by Gasteiger charge is 2.40. The van der Waals surface area contributed by atoms with Gasteiger partial charge in [0.15, 0.2) is 5.82 Å². The summed E-state index contributed by atoms with van der Waals surface area (Å²) in [6.45, 7) is 1.28. The topological polar surface area (TPSA) is 185 Å². The Bertz CT molecular complexity index is 2770. The van der Waals surface area contributed by atoms with E-state index in [1.807, 2.05) is 47.2 Å². The summed E-state index contributed by atoms with van der Waals surface area (Å²) >= 11 is 0. The third-order valence-corrected chi connectivity index (χ3v) is 14.3. The lowest BCUT2D eigenvalue weighted by Gasteiger charge is -2.39. The van der Waals surface area contributed by atoms with Crippen molar-refractivity contribution in [2.24, 2.45) is 0 Å². The molecule has 9 rings (SSSR count). The molecule has 4 aliphatic rings. The number of amides is 3. The molecule has 3 amide bonds. The van der Waals surface area contributed by atoms with Gasteiger partial charge in [-0.15, -0.1) is 0 Å². The Morgan fingerprint density at radius 1 is 0.968 bits per heavy atom. The largest absolute Gasteiger partial charge is 0.395 e. The first kappa shape index (κ1) is 42.4. The maximum absolute atomic E-state index is 15.7. The summed E-state index contributed by atoms with van der Waals surface area (Å²) in [7, 11) is -4.37. The first-order valence-corrected chi connectivity index (χ1v) is 22.4. The number of likely N-dealkylation sites (tertiary alicyclic amines) is 1. The van der Waals surface area contributed by atoms with Crippen molar-refractivity contribution in [2.75, 3.05) is 37.5 Å². The van der Waals surface area contributed by atoms with Crippen molar-refractivity contribution in [1.29, 1.82) is 0 Å². The van der Waals surface area contributed by atoms with Crippen molar-refractivity contribution in [3.05, 3.63) is 118 Å². The molecular weight excluding hydrogens is 840 g/mol. The standard InChI is InChI=1S/C45H44F3N7O7S/c46-31-13-16-54(23-31)63(61,62)52-37-8-7-36(47)40(41(37)48)42(58)35-21-50-43-34(35)19-29(20-49-43)26-3-1-25(2-4-26)11-14-53-15-12-28(18-32(53)24-56)27-5-6-33-30(17-27)22-55(45(33)60)38-9-10-39(57)51-44(38)59/h1-8,17,19-21,28,31-32,38,52,56H,9-16,18,22-24H2,(H,49,50)(H,51,57,59)/t28?,31-,32-,38?/m1/s1. The highest BCUT2D eigenvalue weighted by molar-refractivity contribution is 7.90. The number of hydrogen-bond acceptors (Lipinski definition) is 9. The van der Waals surface area contributed by atoms with E-state index in [1.54, 1.807) is 17.2 Å². The molecule has 4 N–H and O–H groups in total. The van der Waals surface area contributed by atoms with Gasteiger partial charge >= 0.3 is 10.2 Å². The van der Waals surface area contributed by atoms with Crippen LogP contribution in [0.5, 0.6) is 0 Å². The number of halogens is 3. The molecule has 0 saturated carbocycles. The number of alkyl halides is 1. The number of aliphatic hydroxyl groups is 1. The first-order valence-electron chi connectivity index (χ1n) is 20.9. The van der Waals surface area contributed by atoms with Crippen LogP contribution in [0.25, 0.3) is 22.2 Å². The van der Waals surface area contributed by atoms with Gasteiger partial charge in [0.25, 0.3) is 5.91 Å². The lowest BCUT2D eigenvalue weighted by molar-refractivity contribution is -0.136. The summed E-state index contributed by atoms with van der Waals surface area (Å²) in [6, 6.07) is 16.3. The van der Waals surface area contributed by atoms with Gasteiger partial charge in [0.05, 0.1) is 17.9 Å². The van der Waals surface area contributed by atoms with Crippen LogP contribution in [0.3, 0.4) is 0 Å². The summed E-state index contributed by atoms with van der Waals surface area (Å²) in [5.41, 5.74) is 3.64. The molecule has 0 bridgehead atoms. The van der Waals surface area contributed by atoms with Crippen LogP contribution in [0.1, 0.15) is 81.0 Å². The number of carbonyl (C=O) groups excluding carboxylic acids is 4. The first-order chi connectivity index (χ1) is 30.3. The number of benzene rings is 3. The third kappa shape index (κ3) is 8.23. The second-order valence-corrected chi connectivity index (χ2v) is 18.3. The minimum atomic E-state index is -4.37. The number of pyridine rings is 1. The molecule has 2 aromatic heterocycles. The summed E-state index contributed by atoms with van der Waals surface area (Å²) in [6.07, 6.45) is 4.36. The Labute approximate surface area is 360 Å². The Kier molecular flexibility index (Phi) is 11.4. The average Bonchev–Trinajstić information content (AvgIpc) is 4.00. The predicted octanol–water partition coefficient (Wildman–Crippen LogP) is 4.98. The molecule has 3 fully saturated rings. The van der Waals surface area contributed by atoms with E-state index in [2.05, 4.69) is 20.2 Å². The number of fused-ring (bicyclic) bond motifs is 2. The van der Waals surface area contributed by atoms with Crippen molar-refractivity contribution in [3.63, 3.8) is 0 Å². The van der Waals surface area contributed by atoms with E-state index in [-0.39, 0.29) is 55.3 Å². The molecule has 5 aromatic rings. The molecule has 0 radical (unpaired) electrons. The number of ketones is 1. The second-order valence-electron chi connectivity index (χ2n) is 16.6. The van der Waals surface area contributed by atoms with E-state index < -0.39 is 63.5 Å². The van der Waals surface area contributed by atoms with Gasteiger partial charge in [-0.25, -0.2) is 18.2 Å². The molecule has 328 valence electrons. The highest BCUT2D eigenvalue weighted by Crippen LogP contribution is 2.36. The molecule has 4 aliphatic heterocycles. The van der Waals surface area contributed by atoms with Gasteiger partial charge < -0.3 is 15.0 Å². The second kappa shape index (κ2) is 17.0. The summed E-state index contributed by atoms with van der Waals surface area (Å²) < 4.78 is 73.0.